The van der Waals surface area contributed by atoms with Gasteiger partial charge in [-0.2, -0.15) is 0 Å². The second-order valence-electron chi connectivity index (χ2n) is 5.35. The van der Waals surface area contributed by atoms with Gasteiger partial charge in [0.25, 0.3) is 5.91 Å². The number of rotatable bonds is 7. The summed E-state index contributed by atoms with van der Waals surface area (Å²) in [6.07, 6.45) is 3.29. The molecule has 5 nitrogen and oxygen atoms in total. The topological polar surface area (TPSA) is 57.3 Å². The van der Waals surface area contributed by atoms with E-state index >= 15 is 0 Å². The molecular weight excluding hydrogens is 252 g/mol. The fraction of sp³-hybridized carbons (Fsp3) is 0.600. The standard InChI is InChI=1S/C15H26N4O/c1-11(2)19(12(3)4)9-8-18-15(20)13-6-7-17-10-14(13)16-5/h6-7,10-12,16H,8-9H2,1-5H3,(H,18,20). The Kier molecular flexibility index (Phi) is 6.45. The van der Waals surface area contributed by atoms with Gasteiger partial charge in [0.05, 0.1) is 17.4 Å². The van der Waals surface area contributed by atoms with E-state index in [-0.39, 0.29) is 5.91 Å². The molecule has 0 spiro atoms. The number of nitrogens with one attached hydrogen (secondary N) is 2. The van der Waals surface area contributed by atoms with Crippen LogP contribution in [0.25, 0.3) is 0 Å². The highest BCUT2D eigenvalue weighted by molar-refractivity contribution is 5.99. The summed E-state index contributed by atoms with van der Waals surface area (Å²) in [7, 11) is 1.78. The molecule has 0 aliphatic heterocycles. The summed E-state index contributed by atoms with van der Waals surface area (Å²) in [6.45, 7) is 10.2. The van der Waals surface area contributed by atoms with E-state index in [0.717, 1.165) is 12.2 Å². The van der Waals surface area contributed by atoms with Gasteiger partial charge >= 0.3 is 0 Å². The van der Waals surface area contributed by atoms with Crippen molar-refractivity contribution in [3.63, 3.8) is 0 Å². The average molecular weight is 278 g/mol. The Hall–Kier alpha value is -1.62. The molecular formula is C15H26N4O. The largest absolute Gasteiger partial charge is 0.386 e. The number of carbonyl (C=O) groups is 1. The molecule has 0 saturated heterocycles. The molecule has 112 valence electrons. The Balaban J connectivity index is 2.55. The predicted molar refractivity (Wildman–Crippen MR) is 83.1 cm³/mol. The van der Waals surface area contributed by atoms with Crippen molar-refractivity contribution >= 4 is 11.6 Å². The van der Waals surface area contributed by atoms with Crippen LogP contribution in [0.3, 0.4) is 0 Å². The van der Waals surface area contributed by atoms with Crippen LogP contribution in [0.1, 0.15) is 38.1 Å². The minimum atomic E-state index is -0.0655. The minimum absolute atomic E-state index is 0.0655. The molecule has 0 bridgehead atoms. The molecule has 0 aliphatic rings. The van der Waals surface area contributed by atoms with Crippen LogP contribution in [0.4, 0.5) is 5.69 Å². The van der Waals surface area contributed by atoms with E-state index < -0.39 is 0 Å². The van der Waals surface area contributed by atoms with Crippen LogP contribution in [-0.4, -0.2) is 48.0 Å². The maximum Gasteiger partial charge on any atom is 0.253 e. The van der Waals surface area contributed by atoms with Crippen LogP contribution in [-0.2, 0) is 0 Å². The Morgan fingerprint density at radius 3 is 2.50 bits per heavy atom. The highest BCUT2D eigenvalue weighted by atomic mass is 16.1. The molecule has 20 heavy (non-hydrogen) atoms. The number of pyridine rings is 1. The van der Waals surface area contributed by atoms with Crippen molar-refractivity contribution in [1.82, 2.24) is 15.2 Å². The van der Waals surface area contributed by atoms with Crippen LogP contribution in [0.2, 0.25) is 0 Å². The first kappa shape index (κ1) is 16.4. The summed E-state index contributed by atoms with van der Waals surface area (Å²) in [4.78, 5) is 18.5. The third-order valence-electron chi connectivity index (χ3n) is 3.32. The molecule has 0 unspecified atom stereocenters. The third-order valence-corrected chi connectivity index (χ3v) is 3.32. The average Bonchev–Trinajstić information content (AvgIpc) is 2.42. The normalized spacial score (nSPS) is 11.2. The fourth-order valence-electron chi connectivity index (χ4n) is 2.30. The number of carbonyl (C=O) groups excluding carboxylic acids is 1. The summed E-state index contributed by atoms with van der Waals surface area (Å²) in [5, 5.41) is 5.94. The Morgan fingerprint density at radius 1 is 1.30 bits per heavy atom. The van der Waals surface area contributed by atoms with Crippen LogP contribution >= 0.6 is 0 Å². The summed E-state index contributed by atoms with van der Waals surface area (Å²) < 4.78 is 0. The smallest absolute Gasteiger partial charge is 0.253 e. The number of aromatic nitrogens is 1. The molecule has 0 aliphatic carbocycles. The summed E-state index contributed by atoms with van der Waals surface area (Å²) in [5.74, 6) is -0.0655. The predicted octanol–water partition coefficient (Wildman–Crippen LogP) is 1.97. The molecule has 0 fully saturated rings. The van der Waals surface area contributed by atoms with E-state index in [9.17, 15) is 4.79 Å². The number of nitrogens with zero attached hydrogens (tertiary/aromatic N) is 2. The second kappa shape index (κ2) is 7.85. The lowest BCUT2D eigenvalue weighted by atomic mass is 10.2. The zero-order chi connectivity index (χ0) is 15.1. The SMILES string of the molecule is CNc1cnccc1C(=O)NCCN(C(C)C)C(C)C. The lowest BCUT2D eigenvalue weighted by molar-refractivity contribution is 0.0940. The molecule has 1 amide bonds. The molecule has 1 aromatic rings. The summed E-state index contributed by atoms with van der Waals surface area (Å²) >= 11 is 0. The zero-order valence-electron chi connectivity index (χ0n) is 13.1. The fourth-order valence-corrected chi connectivity index (χ4v) is 2.30. The van der Waals surface area contributed by atoms with E-state index in [0.29, 0.717) is 24.2 Å². The maximum atomic E-state index is 12.1. The van der Waals surface area contributed by atoms with E-state index in [1.807, 2.05) is 0 Å². The van der Waals surface area contributed by atoms with Gasteiger partial charge in [-0.25, -0.2) is 0 Å². The monoisotopic (exact) mass is 278 g/mol. The van der Waals surface area contributed by atoms with Gasteiger partial charge in [-0.15, -0.1) is 0 Å². The summed E-state index contributed by atoms with van der Waals surface area (Å²) in [6, 6.07) is 2.67. The molecule has 2 N–H and O–H groups in total. The highest BCUT2D eigenvalue weighted by Crippen LogP contribution is 2.12. The van der Waals surface area contributed by atoms with Gasteiger partial charge in [0, 0.05) is 38.4 Å². The quantitative estimate of drug-likeness (QED) is 0.800. The van der Waals surface area contributed by atoms with Crippen molar-refractivity contribution in [2.45, 2.75) is 39.8 Å². The van der Waals surface area contributed by atoms with Gasteiger partial charge < -0.3 is 10.6 Å². The van der Waals surface area contributed by atoms with Crippen molar-refractivity contribution < 1.29 is 4.79 Å². The number of anilines is 1. The number of hydrogen-bond donors (Lipinski definition) is 2. The van der Waals surface area contributed by atoms with Crippen LogP contribution in [0, 0.1) is 0 Å². The van der Waals surface area contributed by atoms with Crippen molar-refractivity contribution in [2.75, 3.05) is 25.5 Å². The van der Waals surface area contributed by atoms with E-state index in [4.69, 9.17) is 0 Å². The molecule has 1 heterocycles. The molecule has 0 radical (unpaired) electrons. The Bertz CT molecular complexity index is 424. The van der Waals surface area contributed by atoms with Crippen LogP contribution in [0.15, 0.2) is 18.5 Å². The van der Waals surface area contributed by atoms with Crippen molar-refractivity contribution in [3.05, 3.63) is 24.0 Å². The Morgan fingerprint density at radius 2 is 1.95 bits per heavy atom. The van der Waals surface area contributed by atoms with Gasteiger partial charge in [0.2, 0.25) is 0 Å². The summed E-state index contributed by atoms with van der Waals surface area (Å²) in [5.41, 5.74) is 1.37. The minimum Gasteiger partial charge on any atom is -0.386 e. The van der Waals surface area contributed by atoms with Gasteiger partial charge in [0.1, 0.15) is 0 Å². The van der Waals surface area contributed by atoms with E-state index in [1.54, 1.807) is 25.5 Å². The van der Waals surface area contributed by atoms with E-state index in [1.165, 1.54) is 0 Å². The van der Waals surface area contributed by atoms with Crippen molar-refractivity contribution in [3.8, 4) is 0 Å². The molecule has 0 saturated carbocycles. The first-order chi connectivity index (χ1) is 9.47. The number of amides is 1. The molecule has 1 rings (SSSR count). The first-order valence-electron chi connectivity index (χ1n) is 7.13. The van der Waals surface area contributed by atoms with Crippen molar-refractivity contribution in [1.29, 1.82) is 0 Å². The lowest BCUT2D eigenvalue weighted by Crippen LogP contribution is -2.42. The van der Waals surface area contributed by atoms with Crippen molar-refractivity contribution in [2.24, 2.45) is 0 Å². The van der Waals surface area contributed by atoms with Gasteiger partial charge in [0.15, 0.2) is 0 Å². The third kappa shape index (κ3) is 4.49. The maximum absolute atomic E-state index is 12.1. The van der Waals surface area contributed by atoms with Gasteiger partial charge in [-0.05, 0) is 33.8 Å². The molecule has 0 aromatic carbocycles. The zero-order valence-corrected chi connectivity index (χ0v) is 13.1. The molecule has 0 atom stereocenters. The van der Waals surface area contributed by atoms with Gasteiger partial charge in [-0.1, -0.05) is 0 Å². The van der Waals surface area contributed by atoms with Gasteiger partial charge in [-0.3, -0.25) is 14.7 Å². The highest BCUT2D eigenvalue weighted by Gasteiger charge is 2.14. The molecule has 5 heteroatoms. The first-order valence-corrected chi connectivity index (χ1v) is 7.13. The molecule has 1 aromatic heterocycles. The van der Waals surface area contributed by atoms with Crippen LogP contribution in [0.5, 0.6) is 0 Å². The van der Waals surface area contributed by atoms with Crippen LogP contribution < -0.4 is 10.6 Å². The number of hydrogen-bond acceptors (Lipinski definition) is 4. The lowest BCUT2D eigenvalue weighted by Gasteiger charge is -2.30. The van der Waals surface area contributed by atoms with E-state index in [2.05, 4.69) is 48.2 Å². The second-order valence-corrected chi connectivity index (χ2v) is 5.35. The Labute approximate surface area is 121 Å².